The summed E-state index contributed by atoms with van der Waals surface area (Å²) in [6.07, 6.45) is 3.09. The standard InChI is InChI=1S/C27H25Cl2N3O2/c1-19-4-2-3-5-24(19)27(34)32-16-14-31(15-17-32)23-11-9-22(10-12-23)30-26(33)13-7-20-6-8-21(28)18-25(20)29/h2-13,18H,14-17H2,1H3,(H,30,33)/b13-7-. The Bertz CT molecular complexity index is 1220. The summed E-state index contributed by atoms with van der Waals surface area (Å²) in [6, 6.07) is 20.5. The number of nitrogens with zero attached hydrogens (tertiary/aromatic N) is 2. The van der Waals surface area contributed by atoms with Crippen molar-refractivity contribution in [3.8, 4) is 0 Å². The highest BCUT2D eigenvalue weighted by Crippen LogP contribution is 2.23. The van der Waals surface area contributed by atoms with Crippen LogP contribution in [0.15, 0.2) is 72.8 Å². The Morgan fingerprint density at radius 2 is 1.62 bits per heavy atom. The lowest BCUT2D eigenvalue weighted by Crippen LogP contribution is -2.48. The lowest BCUT2D eigenvalue weighted by atomic mass is 10.1. The van der Waals surface area contributed by atoms with Crippen molar-refractivity contribution in [2.24, 2.45) is 0 Å². The van der Waals surface area contributed by atoms with Crippen molar-refractivity contribution >= 4 is 52.5 Å². The minimum absolute atomic E-state index is 0.0868. The van der Waals surface area contributed by atoms with Gasteiger partial charge in [0.2, 0.25) is 5.91 Å². The maximum atomic E-state index is 12.8. The summed E-state index contributed by atoms with van der Waals surface area (Å²) < 4.78 is 0. The first-order chi connectivity index (χ1) is 16.4. The maximum absolute atomic E-state index is 12.8. The highest BCUT2D eigenvalue weighted by Gasteiger charge is 2.23. The molecule has 1 aliphatic rings. The molecule has 1 N–H and O–H groups in total. The van der Waals surface area contributed by atoms with E-state index >= 15 is 0 Å². The Labute approximate surface area is 209 Å². The fraction of sp³-hybridized carbons (Fsp3) is 0.185. The molecule has 0 bridgehead atoms. The Balaban J connectivity index is 1.31. The molecule has 4 rings (SSSR count). The maximum Gasteiger partial charge on any atom is 0.254 e. The van der Waals surface area contributed by atoms with Crippen molar-refractivity contribution in [3.05, 3.63) is 99.5 Å². The first-order valence-electron chi connectivity index (χ1n) is 11.0. The van der Waals surface area contributed by atoms with Crippen LogP contribution in [0.5, 0.6) is 0 Å². The quantitative estimate of drug-likeness (QED) is 0.449. The molecule has 34 heavy (non-hydrogen) atoms. The van der Waals surface area contributed by atoms with Crippen molar-refractivity contribution in [2.75, 3.05) is 36.4 Å². The van der Waals surface area contributed by atoms with Crippen molar-refractivity contribution in [1.82, 2.24) is 4.90 Å². The van der Waals surface area contributed by atoms with Gasteiger partial charge in [-0.3, -0.25) is 9.59 Å². The van der Waals surface area contributed by atoms with Crippen LogP contribution in [0.2, 0.25) is 10.0 Å². The van der Waals surface area contributed by atoms with E-state index in [4.69, 9.17) is 23.2 Å². The monoisotopic (exact) mass is 493 g/mol. The van der Waals surface area contributed by atoms with Crippen LogP contribution in [0.1, 0.15) is 21.5 Å². The number of amides is 2. The molecule has 3 aromatic rings. The SMILES string of the molecule is Cc1ccccc1C(=O)N1CCN(c2ccc(NC(=O)/C=C\c3ccc(Cl)cc3Cl)cc2)CC1. The molecule has 1 heterocycles. The largest absolute Gasteiger partial charge is 0.368 e. The molecule has 174 valence electrons. The number of hydrogen-bond acceptors (Lipinski definition) is 3. The lowest BCUT2D eigenvalue weighted by Gasteiger charge is -2.36. The summed E-state index contributed by atoms with van der Waals surface area (Å²) in [5.41, 5.74) is 4.25. The number of rotatable bonds is 5. The summed E-state index contributed by atoms with van der Waals surface area (Å²) in [6.45, 7) is 4.82. The number of benzene rings is 3. The van der Waals surface area contributed by atoms with Crippen LogP contribution in [0.4, 0.5) is 11.4 Å². The molecule has 2 amide bonds. The van der Waals surface area contributed by atoms with Crippen LogP contribution >= 0.6 is 23.2 Å². The summed E-state index contributed by atoms with van der Waals surface area (Å²) in [5.74, 6) is -0.161. The molecular formula is C27H25Cl2N3O2. The fourth-order valence-electron chi connectivity index (χ4n) is 3.89. The van der Waals surface area contributed by atoms with E-state index < -0.39 is 0 Å². The Hall–Kier alpha value is -3.28. The van der Waals surface area contributed by atoms with Gasteiger partial charge in [0.25, 0.3) is 5.91 Å². The number of anilines is 2. The third-order valence-electron chi connectivity index (χ3n) is 5.82. The van der Waals surface area contributed by atoms with Gasteiger partial charge in [-0.2, -0.15) is 0 Å². The normalized spacial score (nSPS) is 13.9. The van der Waals surface area contributed by atoms with Crippen molar-refractivity contribution < 1.29 is 9.59 Å². The summed E-state index contributed by atoms with van der Waals surface area (Å²) >= 11 is 12.0. The molecule has 0 aromatic heterocycles. The molecule has 0 saturated carbocycles. The van der Waals surface area contributed by atoms with Gasteiger partial charge >= 0.3 is 0 Å². The minimum atomic E-state index is -0.248. The third-order valence-corrected chi connectivity index (χ3v) is 6.38. The summed E-state index contributed by atoms with van der Waals surface area (Å²) in [5, 5.41) is 3.89. The molecule has 0 spiro atoms. The van der Waals surface area contributed by atoms with Crippen LogP contribution in [-0.4, -0.2) is 42.9 Å². The average Bonchev–Trinajstić information content (AvgIpc) is 2.84. The zero-order valence-electron chi connectivity index (χ0n) is 18.8. The predicted molar refractivity (Wildman–Crippen MR) is 140 cm³/mol. The van der Waals surface area contributed by atoms with Crippen LogP contribution < -0.4 is 10.2 Å². The third kappa shape index (κ3) is 5.79. The van der Waals surface area contributed by atoms with Crippen LogP contribution in [0.3, 0.4) is 0 Å². The number of nitrogens with one attached hydrogen (secondary N) is 1. The Morgan fingerprint density at radius 1 is 0.912 bits per heavy atom. The predicted octanol–water partition coefficient (Wildman–Crippen LogP) is 5.92. The van der Waals surface area contributed by atoms with Gasteiger partial charge in [0.1, 0.15) is 0 Å². The molecule has 0 radical (unpaired) electrons. The Morgan fingerprint density at radius 3 is 2.29 bits per heavy atom. The topological polar surface area (TPSA) is 52.7 Å². The second kappa shape index (κ2) is 10.8. The first kappa shape index (κ1) is 23.9. The van der Waals surface area contributed by atoms with E-state index in [1.54, 1.807) is 24.3 Å². The minimum Gasteiger partial charge on any atom is -0.368 e. The lowest BCUT2D eigenvalue weighted by molar-refractivity contribution is -0.111. The average molecular weight is 494 g/mol. The van der Waals surface area contributed by atoms with E-state index in [1.165, 1.54) is 6.08 Å². The van der Waals surface area contributed by atoms with Crippen LogP contribution in [0.25, 0.3) is 6.08 Å². The number of hydrogen-bond donors (Lipinski definition) is 1. The van der Waals surface area contributed by atoms with Gasteiger partial charge in [0.15, 0.2) is 0 Å². The second-order valence-corrected chi connectivity index (χ2v) is 8.97. The number of carbonyl (C=O) groups is 2. The zero-order chi connectivity index (χ0) is 24.1. The van der Waals surface area contributed by atoms with Gasteiger partial charge in [-0.05, 0) is 66.6 Å². The molecule has 3 aromatic carbocycles. The number of halogens is 2. The van der Waals surface area contributed by atoms with E-state index in [0.717, 1.165) is 35.5 Å². The first-order valence-corrected chi connectivity index (χ1v) is 11.8. The van der Waals surface area contributed by atoms with Gasteiger partial charge in [0, 0.05) is 59.2 Å². The van der Waals surface area contributed by atoms with E-state index in [1.807, 2.05) is 60.4 Å². The second-order valence-electron chi connectivity index (χ2n) is 8.13. The van der Waals surface area contributed by atoms with E-state index in [2.05, 4.69) is 10.2 Å². The molecule has 5 nitrogen and oxygen atoms in total. The molecule has 1 saturated heterocycles. The highest BCUT2D eigenvalue weighted by molar-refractivity contribution is 6.35. The molecule has 1 fully saturated rings. The van der Waals surface area contributed by atoms with Crippen molar-refractivity contribution in [1.29, 1.82) is 0 Å². The molecule has 0 aliphatic carbocycles. The van der Waals surface area contributed by atoms with E-state index in [9.17, 15) is 9.59 Å². The highest BCUT2D eigenvalue weighted by atomic mass is 35.5. The number of aryl methyl sites for hydroxylation is 1. The van der Waals surface area contributed by atoms with Gasteiger partial charge in [0.05, 0.1) is 0 Å². The molecule has 7 heteroatoms. The van der Waals surface area contributed by atoms with E-state index in [0.29, 0.717) is 28.8 Å². The molecular weight excluding hydrogens is 469 g/mol. The number of carbonyl (C=O) groups excluding carboxylic acids is 2. The van der Waals surface area contributed by atoms with Gasteiger partial charge in [-0.1, -0.05) is 47.5 Å². The summed E-state index contributed by atoms with van der Waals surface area (Å²) in [7, 11) is 0. The Kier molecular flexibility index (Phi) is 7.56. The molecule has 1 aliphatic heterocycles. The van der Waals surface area contributed by atoms with Crippen molar-refractivity contribution in [2.45, 2.75) is 6.92 Å². The van der Waals surface area contributed by atoms with Crippen LogP contribution in [0, 0.1) is 6.92 Å². The fourth-order valence-corrected chi connectivity index (χ4v) is 4.36. The van der Waals surface area contributed by atoms with Crippen LogP contribution in [-0.2, 0) is 4.79 Å². The zero-order valence-corrected chi connectivity index (χ0v) is 20.3. The van der Waals surface area contributed by atoms with Gasteiger partial charge in [-0.15, -0.1) is 0 Å². The molecule has 0 unspecified atom stereocenters. The number of piperazine rings is 1. The molecule has 0 atom stereocenters. The van der Waals surface area contributed by atoms with Gasteiger partial charge in [-0.25, -0.2) is 0 Å². The van der Waals surface area contributed by atoms with Gasteiger partial charge < -0.3 is 15.1 Å². The van der Waals surface area contributed by atoms with Crippen molar-refractivity contribution in [3.63, 3.8) is 0 Å². The smallest absolute Gasteiger partial charge is 0.254 e. The van der Waals surface area contributed by atoms with E-state index in [-0.39, 0.29) is 11.8 Å². The summed E-state index contributed by atoms with van der Waals surface area (Å²) in [4.78, 5) is 29.3.